The zero-order chi connectivity index (χ0) is 20.4. The number of hydrogen-bond donors (Lipinski definition) is 2. The van der Waals surface area contributed by atoms with E-state index in [1.165, 1.54) is 17.4 Å². The molecule has 0 unspecified atom stereocenters. The van der Waals surface area contributed by atoms with Gasteiger partial charge in [0, 0.05) is 16.5 Å². The van der Waals surface area contributed by atoms with E-state index in [1.54, 1.807) is 6.08 Å². The molecule has 1 aliphatic carbocycles. The fourth-order valence-electron chi connectivity index (χ4n) is 3.61. The molecule has 0 radical (unpaired) electrons. The molecule has 0 saturated carbocycles. The number of carbonyl (C=O) groups is 2. The Morgan fingerprint density at radius 3 is 2.76 bits per heavy atom. The summed E-state index contributed by atoms with van der Waals surface area (Å²) in [4.78, 5) is 25.6. The summed E-state index contributed by atoms with van der Waals surface area (Å²) in [5.74, 6) is 1.07. The maximum atomic E-state index is 12.4. The van der Waals surface area contributed by atoms with Crippen molar-refractivity contribution in [2.75, 3.05) is 5.32 Å². The molecular weight excluding hydrogens is 384 g/mol. The Hall–Kier alpha value is -3.12. The number of rotatable bonds is 5. The Morgan fingerprint density at radius 2 is 2.00 bits per heavy atom. The normalized spacial score (nSPS) is 16.0. The van der Waals surface area contributed by atoms with Crippen molar-refractivity contribution in [1.29, 1.82) is 0 Å². The highest BCUT2D eigenvalue weighted by atomic mass is 32.1. The van der Waals surface area contributed by atoms with E-state index >= 15 is 0 Å². The van der Waals surface area contributed by atoms with E-state index in [4.69, 9.17) is 10.2 Å². The largest absolute Gasteiger partial charge is 0.457 e. The molecule has 6 heteroatoms. The number of carbonyl (C=O) groups excluding carboxylic acids is 2. The number of primary amides is 1. The van der Waals surface area contributed by atoms with Crippen molar-refractivity contribution in [3.05, 3.63) is 70.3 Å². The van der Waals surface area contributed by atoms with Gasteiger partial charge >= 0.3 is 0 Å². The van der Waals surface area contributed by atoms with Crippen molar-refractivity contribution >= 4 is 34.2 Å². The number of benzene rings is 1. The van der Waals surface area contributed by atoms with Crippen molar-refractivity contribution in [3.63, 3.8) is 0 Å². The van der Waals surface area contributed by atoms with Crippen LogP contribution in [0.1, 0.15) is 39.9 Å². The summed E-state index contributed by atoms with van der Waals surface area (Å²) in [5.41, 5.74) is 8.03. The molecule has 0 bridgehead atoms. The van der Waals surface area contributed by atoms with Gasteiger partial charge < -0.3 is 15.5 Å². The number of hydrogen-bond acceptors (Lipinski definition) is 4. The molecule has 0 spiro atoms. The van der Waals surface area contributed by atoms with E-state index in [0.29, 0.717) is 22.2 Å². The summed E-state index contributed by atoms with van der Waals surface area (Å²) in [6.45, 7) is 2.20. The third-order valence-electron chi connectivity index (χ3n) is 5.08. The molecule has 0 aliphatic heterocycles. The number of amides is 2. The lowest BCUT2D eigenvalue weighted by Gasteiger charge is -2.18. The van der Waals surface area contributed by atoms with Gasteiger partial charge in [-0.3, -0.25) is 9.59 Å². The molecule has 1 atom stereocenters. The number of furan rings is 1. The molecule has 2 heterocycles. The van der Waals surface area contributed by atoms with E-state index in [1.807, 2.05) is 42.5 Å². The minimum absolute atomic E-state index is 0.322. The van der Waals surface area contributed by atoms with Crippen LogP contribution in [0.2, 0.25) is 0 Å². The van der Waals surface area contributed by atoms with Crippen molar-refractivity contribution in [2.45, 2.75) is 26.2 Å². The number of fused-ring (bicyclic) bond motifs is 1. The van der Waals surface area contributed by atoms with Crippen molar-refractivity contribution in [2.24, 2.45) is 11.7 Å². The molecule has 5 nitrogen and oxygen atoms in total. The van der Waals surface area contributed by atoms with Crippen LogP contribution in [0.4, 0.5) is 5.00 Å². The molecule has 0 saturated heterocycles. The first-order chi connectivity index (χ1) is 14.0. The Bertz CT molecular complexity index is 1080. The Balaban J connectivity index is 1.49. The Kier molecular flexibility index (Phi) is 5.36. The topological polar surface area (TPSA) is 85.3 Å². The van der Waals surface area contributed by atoms with Crippen molar-refractivity contribution < 1.29 is 14.0 Å². The summed E-state index contributed by atoms with van der Waals surface area (Å²) in [6, 6.07) is 13.4. The smallest absolute Gasteiger partial charge is 0.251 e. The fourth-order valence-corrected chi connectivity index (χ4v) is 5.03. The van der Waals surface area contributed by atoms with Gasteiger partial charge in [-0.2, -0.15) is 0 Å². The fraction of sp³-hybridized carbons (Fsp3) is 0.217. The molecular formula is C23H22N2O3S. The van der Waals surface area contributed by atoms with Crippen LogP contribution in [0.3, 0.4) is 0 Å². The third-order valence-corrected chi connectivity index (χ3v) is 6.25. The zero-order valence-corrected chi connectivity index (χ0v) is 16.9. The minimum Gasteiger partial charge on any atom is -0.457 e. The van der Waals surface area contributed by atoms with Gasteiger partial charge in [-0.1, -0.05) is 37.3 Å². The highest BCUT2D eigenvalue weighted by Gasteiger charge is 2.26. The summed E-state index contributed by atoms with van der Waals surface area (Å²) >= 11 is 1.46. The summed E-state index contributed by atoms with van der Waals surface area (Å²) in [7, 11) is 0. The van der Waals surface area contributed by atoms with Gasteiger partial charge in [-0.15, -0.1) is 11.3 Å². The average molecular weight is 407 g/mol. The molecule has 1 aliphatic rings. The van der Waals surface area contributed by atoms with E-state index < -0.39 is 5.91 Å². The second-order valence-corrected chi connectivity index (χ2v) is 8.42. The summed E-state index contributed by atoms with van der Waals surface area (Å²) in [6.07, 6.45) is 5.78. The monoisotopic (exact) mass is 406 g/mol. The van der Waals surface area contributed by atoms with Gasteiger partial charge in [0.05, 0.1) is 5.56 Å². The lowest BCUT2D eigenvalue weighted by Crippen LogP contribution is -2.18. The first-order valence-electron chi connectivity index (χ1n) is 9.60. The maximum absolute atomic E-state index is 12.4. The second kappa shape index (κ2) is 8.09. The lowest BCUT2D eigenvalue weighted by molar-refractivity contribution is -0.111. The van der Waals surface area contributed by atoms with Crippen molar-refractivity contribution in [3.8, 4) is 11.3 Å². The van der Waals surface area contributed by atoms with Crippen LogP contribution in [0, 0.1) is 5.92 Å². The molecule has 0 fully saturated rings. The maximum Gasteiger partial charge on any atom is 0.251 e. The van der Waals surface area contributed by atoms with Crippen LogP contribution < -0.4 is 11.1 Å². The van der Waals surface area contributed by atoms with Crippen LogP contribution in [0.25, 0.3) is 17.4 Å². The third kappa shape index (κ3) is 4.17. The molecule has 148 valence electrons. The van der Waals surface area contributed by atoms with Gasteiger partial charge in [0.2, 0.25) is 5.91 Å². The quantitative estimate of drug-likeness (QED) is 0.592. The predicted molar refractivity (Wildman–Crippen MR) is 116 cm³/mol. The van der Waals surface area contributed by atoms with Crippen LogP contribution in [-0.4, -0.2) is 11.8 Å². The Morgan fingerprint density at radius 1 is 1.21 bits per heavy atom. The van der Waals surface area contributed by atoms with E-state index in [2.05, 4.69) is 12.2 Å². The van der Waals surface area contributed by atoms with Gasteiger partial charge in [-0.05, 0) is 49.0 Å². The molecule has 2 aromatic heterocycles. The number of thiophene rings is 1. The van der Waals surface area contributed by atoms with E-state index in [9.17, 15) is 9.59 Å². The van der Waals surface area contributed by atoms with E-state index in [0.717, 1.165) is 41.0 Å². The van der Waals surface area contributed by atoms with Crippen LogP contribution in [0.15, 0.2) is 53.0 Å². The summed E-state index contributed by atoms with van der Waals surface area (Å²) in [5, 5.41) is 3.36. The van der Waals surface area contributed by atoms with Crippen LogP contribution >= 0.6 is 11.3 Å². The number of nitrogens with two attached hydrogens (primary N) is 1. The average Bonchev–Trinajstić information content (AvgIpc) is 3.31. The summed E-state index contributed by atoms with van der Waals surface area (Å²) < 4.78 is 5.77. The molecule has 3 N–H and O–H groups in total. The highest BCUT2D eigenvalue weighted by molar-refractivity contribution is 7.17. The molecule has 1 aromatic carbocycles. The highest BCUT2D eigenvalue weighted by Crippen LogP contribution is 2.39. The number of nitrogens with one attached hydrogen (secondary N) is 1. The van der Waals surface area contributed by atoms with Crippen LogP contribution in [0.5, 0.6) is 0 Å². The van der Waals surface area contributed by atoms with Crippen molar-refractivity contribution in [1.82, 2.24) is 0 Å². The van der Waals surface area contributed by atoms with Crippen LogP contribution in [-0.2, 0) is 17.6 Å². The van der Waals surface area contributed by atoms with Gasteiger partial charge in [0.1, 0.15) is 16.5 Å². The van der Waals surface area contributed by atoms with Gasteiger partial charge in [0.15, 0.2) is 0 Å². The van der Waals surface area contributed by atoms with Gasteiger partial charge in [0.25, 0.3) is 5.91 Å². The first-order valence-corrected chi connectivity index (χ1v) is 10.4. The minimum atomic E-state index is -0.491. The first kappa shape index (κ1) is 19.2. The zero-order valence-electron chi connectivity index (χ0n) is 16.1. The number of anilines is 1. The molecule has 2 amide bonds. The Labute approximate surface area is 173 Å². The van der Waals surface area contributed by atoms with Gasteiger partial charge in [-0.25, -0.2) is 0 Å². The standard InChI is InChI=1S/C23H22N2O3S/c1-14-7-10-17-19(13-14)29-23(21(17)22(24)27)25-20(26)12-9-16-8-11-18(28-16)15-5-3-2-4-6-15/h2-6,8-9,11-12,14H,7,10,13H2,1H3,(H2,24,27)(H,25,26)/b12-9+/t14-/m1/s1. The SMILES string of the molecule is C[C@@H]1CCc2c(sc(NC(=O)/C=C/c3ccc(-c4ccccc4)o3)c2C(N)=O)C1. The molecule has 4 rings (SSSR count). The molecule has 29 heavy (non-hydrogen) atoms. The van der Waals surface area contributed by atoms with E-state index in [-0.39, 0.29) is 5.91 Å². The lowest BCUT2D eigenvalue weighted by atomic mass is 9.88. The second-order valence-electron chi connectivity index (χ2n) is 7.31. The molecule has 3 aromatic rings. The predicted octanol–water partition coefficient (Wildman–Crippen LogP) is 4.88.